The fourth-order valence-corrected chi connectivity index (χ4v) is 1.73. The molecule has 9 nitrogen and oxygen atoms in total. The number of ether oxygens (including phenoxy) is 4. The van der Waals surface area contributed by atoms with E-state index in [2.05, 4.69) is 0 Å². The zero-order chi connectivity index (χ0) is 19.8. The zero-order valence-corrected chi connectivity index (χ0v) is 15.5. The molecule has 0 radical (unpaired) electrons. The molecule has 0 heterocycles. The van der Waals surface area contributed by atoms with Crippen LogP contribution in [0.2, 0.25) is 0 Å². The Morgan fingerprint density at radius 3 is 1.65 bits per heavy atom. The number of nitrogens with two attached hydrogens (primary N) is 1. The largest absolute Gasteiger partial charge is 0.464 e. The maximum Gasteiger partial charge on any atom is 0.306 e. The lowest BCUT2D eigenvalue weighted by atomic mass is 10.3. The van der Waals surface area contributed by atoms with Gasteiger partial charge in [0.05, 0.1) is 12.8 Å². The highest BCUT2D eigenvalue weighted by Gasteiger charge is 2.20. The first kappa shape index (κ1) is 23.8. The van der Waals surface area contributed by atoms with E-state index in [0.717, 1.165) is 0 Å². The highest BCUT2D eigenvalue weighted by atomic mass is 16.6. The van der Waals surface area contributed by atoms with Crippen LogP contribution in [0.1, 0.15) is 52.4 Å². The second-order valence-electron chi connectivity index (χ2n) is 5.49. The molecule has 9 heteroatoms. The summed E-state index contributed by atoms with van der Waals surface area (Å²) in [5.41, 5.74) is 5.21. The Morgan fingerprint density at radius 2 is 1.19 bits per heavy atom. The Kier molecular flexibility index (Phi) is 13.9. The molecule has 0 aromatic heterocycles. The summed E-state index contributed by atoms with van der Waals surface area (Å²) in [7, 11) is 0. The van der Waals surface area contributed by atoms with Crippen LogP contribution in [-0.2, 0) is 38.1 Å². The van der Waals surface area contributed by atoms with E-state index in [0.29, 0.717) is 12.8 Å². The fourth-order valence-electron chi connectivity index (χ4n) is 1.73. The van der Waals surface area contributed by atoms with Crippen LogP contribution in [0.15, 0.2) is 0 Å². The predicted octanol–water partition coefficient (Wildman–Crippen LogP) is 0.867. The molecule has 0 amide bonds. The van der Waals surface area contributed by atoms with Crippen LogP contribution in [-0.4, -0.2) is 56.3 Å². The SMILES string of the molecule is CCCC(=O)OCC(COC(=O)CCC)OC(=O)CCC(=O)OCCN. The van der Waals surface area contributed by atoms with Gasteiger partial charge in [-0.2, -0.15) is 0 Å². The lowest BCUT2D eigenvalue weighted by Crippen LogP contribution is -2.31. The second kappa shape index (κ2) is 15.1. The number of carbonyl (C=O) groups is 4. The van der Waals surface area contributed by atoms with Crippen molar-refractivity contribution < 1.29 is 38.1 Å². The van der Waals surface area contributed by atoms with Crippen molar-refractivity contribution >= 4 is 23.9 Å². The van der Waals surface area contributed by atoms with E-state index < -0.39 is 30.0 Å². The van der Waals surface area contributed by atoms with Gasteiger partial charge in [0.15, 0.2) is 6.10 Å². The molecule has 150 valence electrons. The van der Waals surface area contributed by atoms with Crippen molar-refractivity contribution in [3.63, 3.8) is 0 Å². The Morgan fingerprint density at radius 1 is 0.731 bits per heavy atom. The van der Waals surface area contributed by atoms with Crippen LogP contribution >= 0.6 is 0 Å². The van der Waals surface area contributed by atoms with E-state index in [-0.39, 0.29) is 52.0 Å². The van der Waals surface area contributed by atoms with Crippen molar-refractivity contribution in [2.45, 2.75) is 58.5 Å². The summed E-state index contributed by atoms with van der Waals surface area (Å²) in [6, 6.07) is 0. The average molecular weight is 375 g/mol. The Bertz CT molecular complexity index is 430. The molecule has 0 aliphatic rings. The first-order valence-corrected chi connectivity index (χ1v) is 8.79. The van der Waals surface area contributed by atoms with Gasteiger partial charge in [0, 0.05) is 19.4 Å². The van der Waals surface area contributed by atoms with Gasteiger partial charge in [-0.25, -0.2) is 0 Å². The highest BCUT2D eigenvalue weighted by molar-refractivity contribution is 5.77. The van der Waals surface area contributed by atoms with Gasteiger partial charge < -0.3 is 24.7 Å². The predicted molar refractivity (Wildman–Crippen MR) is 90.9 cm³/mol. The summed E-state index contributed by atoms with van der Waals surface area (Å²) in [5, 5.41) is 0. The van der Waals surface area contributed by atoms with Crippen LogP contribution in [0.25, 0.3) is 0 Å². The first-order chi connectivity index (χ1) is 12.4. The zero-order valence-electron chi connectivity index (χ0n) is 15.5. The highest BCUT2D eigenvalue weighted by Crippen LogP contribution is 2.04. The van der Waals surface area contributed by atoms with E-state index >= 15 is 0 Å². The summed E-state index contributed by atoms with van der Waals surface area (Å²) in [6.07, 6.45) is 0.443. The van der Waals surface area contributed by atoms with Gasteiger partial charge in [0.2, 0.25) is 0 Å². The number of carbonyl (C=O) groups excluding carboxylic acids is 4. The topological polar surface area (TPSA) is 131 Å². The lowest BCUT2D eigenvalue weighted by molar-refractivity contribution is -0.167. The minimum Gasteiger partial charge on any atom is -0.464 e. The molecule has 0 spiro atoms. The molecule has 0 bridgehead atoms. The van der Waals surface area contributed by atoms with E-state index in [1.54, 1.807) is 0 Å². The van der Waals surface area contributed by atoms with Gasteiger partial charge in [-0.3, -0.25) is 19.2 Å². The van der Waals surface area contributed by atoms with Crippen LogP contribution < -0.4 is 5.73 Å². The Labute approximate surface area is 153 Å². The molecule has 0 aromatic rings. The number of rotatable bonds is 14. The van der Waals surface area contributed by atoms with Crippen LogP contribution in [0.5, 0.6) is 0 Å². The normalized spacial score (nSPS) is 10.3. The van der Waals surface area contributed by atoms with Gasteiger partial charge in [-0.15, -0.1) is 0 Å². The monoisotopic (exact) mass is 375 g/mol. The molecule has 0 saturated heterocycles. The maximum atomic E-state index is 11.8. The molecular weight excluding hydrogens is 346 g/mol. The number of hydrogen-bond acceptors (Lipinski definition) is 9. The summed E-state index contributed by atoms with van der Waals surface area (Å²) in [5.74, 6) is -2.11. The van der Waals surface area contributed by atoms with Crippen LogP contribution in [0.4, 0.5) is 0 Å². The van der Waals surface area contributed by atoms with Gasteiger partial charge in [0.25, 0.3) is 0 Å². The van der Waals surface area contributed by atoms with Crippen molar-refractivity contribution in [3.05, 3.63) is 0 Å². The fraction of sp³-hybridized carbons (Fsp3) is 0.765. The minimum absolute atomic E-state index is 0.0806. The van der Waals surface area contributed by atoms with Crippen molar-refractivity contribution in [2.24, 2.45) is 5.73 Å². The number of hydrogen-bond donors (Lipinski definition) is 1. The number of esters is 4. The van der Waals surface area contributed by atoms with E-state index in [9.17, 15) is 19.2 Å². The van der Waals surface area contributed by atoms with E-state index in [1.165, 1.54) is 0 Å². The van der Waals surface area contributed by atoms with Gasteiger partial charge in [0.1, 0.15) is 19.8 Å². The molecule has 0 atom stereocenters. The quantitative estimate of drug-likeness (QED) is 0.347. The second-order valence-corrected chi connectivity index (χ2v) is 5.49. The molecule has 0 aliphatic heterocycles. The average Bonchev–Trinajstić information content (AvgIpc) is 2.61. The standard InChI is InChI=1S/C17H29NO8/c1-3-5-14(19)24-11-13(12-25-15(20)6-4-2)26-17(22)8-7-16(21)23-10-9-18/h13H,3-12,18H2,1-2H3. The Balaban J connectivity index is 4.42. The molecule has 0 rings (SSSR count). The summed E-state index contributed by atoms with van der Waals surface area (Å²) >= 11 is 0. The van der Waals surface area contributed by atoms with Crippen molar-refractivity contribution in [1.82, 2.24) is 0 Å². The third-order valence-electron chi connectivity index (χ3n) is 2.98. The van der Waals surface area contributed by atoms with Crippen LogP contribution in [0, 0.1) is 0 Å². The summed E-state index contributed by atoms with van der Waals surface area (Å²) in [6.45, 7) is 3.50. The molecule has 0 unspecified atom stereocenters. The molecule has 0 fully saturated rings. The van der Waals surface area contributed by atoms with E-state index in [1.807, 2.05) is 13.8 Å². The van der Waals surface area contributed by atoms with E-state index in [4.69, 9.17) is 24.7 Å². The third-order valence-corrected chi connectivity index (χ3v) is 2.98. The molecule has 0 aromatic carbocycles. The van der Waals surface area contributed by atoms with Crippen molar-refractivity contribution in [3.8, 4) is 0 Å². The Hall–Kier alpha value is -2.16. The first-order valence-electron chi connectivity index (χ1n) is 8.79. The van der Waals surface area contributed by atoms with Crippen molar-refractivity contribution in [1.29, 1.82) is 0 Å². The molecule has 0 aliphatic carbocycles. The van der Waals surface area contributed by atoms with Crippen molar-refractivity contribution in [2.75, 3.05) is 26.4 Å². The molecule has 0 saturated carbocycles. The third kappa shape index (κ3) is 13.2. The smallest absolute Gasteiger partial charge is 0.306 e. The van der Waals surface area contributed by atoms with Crippen LogP contribution in [0.3, 0.4) is 0 Å². The minimum atomic E-state index is -0.927. The summed E-state index contributed by atoms with van der Waals surface area (Å²) in [4.78, 5) is 46.1. The lowest BCUT2D eigenvalue weighted by Gasteiger charge is -2.18. The molecule has 26 heavy (non-hydrogen) atoms. The van der Waals surface area contributed by atoms with Gasteiger partial charge in [-0.1, -0.05) is 13.8 Å². The van der Waals surface area contributed by atoms with Gasteiger partial charge in [-0.05, 0) is 12.8 Å². The molecule has 2 N–H and O–H groups in total. The van der Waals surface area contributed by atoms with Gasteiger partial charge >= 0.3 is 23.9 Å². The summed E-state index contributed by atoms with van der Waals surface area (Å²) < 4.78 is 19.9. The maximum absolute atomic E-state index is 11.8. The molecular formula is C17H29NO8.